The summed E-state index contributed by atoms with van der Waals surface area (Å²) in [7, 11) is 1.62. The monoisotopic (exact) mass is 227 g/mol. The van der Waals surface area contributed by atoms with E-state index < -0.39 is 0 Å². The van der Waals surface area contributed by atoms with Crippen LogP contribution in [-0.2, 0) is 6.42 Å². The molecule has 0 radical (unpaired) electrons. The minimum atomic E-state index is 0.109. The zero-order valence-electron chi connectivity index (χ0n) is 9.51. The summed E-state index contributed by atoms with van der Waals surface area (Å²) in [6, 6.07) is 5.87. The molecule has 2 nitrogen and oxygen atoms in total. The van der Waals surface area contributed by atoms with Gasteiger partial charge in [-0.15, -0.1) is 0 Å². The van der Waals surface area contributed by atoms with Crippen molar-refractivity contribution in [2.45, 2.75) is 20.3 Å². The molecule has 0 fully saturated rings. The van der Waals surface area contributed by atoms with Crippen LogP contribution in [0.25, 0.3) is 0 Å². The minimum absolute atomic E-state index is 0.109. The maximum Gasteiger partial charge on any atom is 0.137 e. The summed E-state index contributed by atoms with van der Waals surface area (Å²) in [5.74, 6) is 0.714. The van der Waals surface area contributed by atoms with E-state index in [0.717, 1.165) is 6.42 Å². The lowest BCUT2D eigenvalue weighted by atomic mass is 9.86. The van der Waals surface area contributed by atoms with Crippen LogP contribution in [0, 0.1) is 5.41 Å². The van der Waals surface area contributed by atoms with Crippen molar-refractivity contribution in [3.63, 3.8) is 0 Å². The quantitative estimate of drug-likeness (QED) is 0.859. The van der Waals surface area contributed by atoms with Gasteiger partial charge in [-0.25, -0.2) is 0 Å². The lowest BCUT2D eigenvalue weighted by molar-refractivity contribution is 0.376. The van der Waals surface area contributed by atoms with Crippen molar-refractivity contribution < 1.29 is 4.74 Å². The molecule has 1 aromatic rings. The van der Waals surface area contributed by atoms with Gasteiger partial charge in [0, 0.05) is 0 Å². The summed E-state index contributed by atoms with van der Waals surface area (Å²) in [5, 5.41) is 0.655. The molecule has 15 heavy (non-hydrogen) atoms. The Labute approximate surface area is 96.4 Å². The van der Waals surface area contributed by atoms with Gasteiger partial charge in [-0.3, -0.25) is 0 Å². The zero-order valence-corrected chi connectivity index (χ0v) is 10.3. The van der Waals surface area contributed by atoms with Crippen molar-refractivity contribution in [2.24, 2.45) is 11.1 Å². The van der Waals surface area contributed by atoms with Crippen molar-refractivity contribution in [1.29, 1.82) is 0 Å². The number of nitrogens with two attached hydrogens (primary N) is 1. The molecule has 0 bridgehead atoms. The van der Waals surface area contributed by atoms with Crippen molar-refractivity contribution in [3.8, 4) is 5.75 Å². The minimum Gasteiger partial charge on any atom is -0.495 e. The number of ether oxygens (including phenoxy) is 1. The van der Waals surface area contributed by atoms with Crippen LogP contribution in [-0.4, -0.2) is 13.7 Å². The first-order valence-corrected chi connectivity index (χ1v) is 5.39. The molecule has 1 aromatic carbocycles. The van der Waals surface area contributed by atoms with Crippen LogP contribution in [0.1, 0.15) is 19.4 Å². The lowest BCUT2D eigenvalue weighted by Gasteiger charge is -2.22. The summed E-state index contributed by atoms with van der Waals surface area (Å²) in [6.45, 7) is 4.95. The molecule has 1 rings (SSSR count). The average molecular weight is 228 g/mol. The Morgan fingerprint density at radius 3 is 2.53 bits per heavy atom. The van der Waals surface area contributed by atoms with Crippen LogP contribution in [0.4, 0.5) is 0 Å². The molecule has 0 amide bonds. The number of methoxy groups -OCH3 is 1. The van der Waals surface area contributed by atoms with E-state index in [2.05, 4.69) is 13.8 Å². The van der Waals surface area contributed by atoms with Gasteiger partial charge in [0.25, 0.3) is 0 Å². The highest BCUT2D eigenvalue weighted by Crippen LogP contribution is 2.28. The molecule has 3 heteroatoms. The largest absolute Gasteiger partial charge is 0.495 e. The van der Waals surface area contributed by atoms with Gasteiger partial charge >= 0.3 is 0 Å². The van der Waals surface area contributed by atoms with Crippen molar-refractivity contribution >= 4 is 11.6 Å². The van der Waals surface area contributed by atoms with Gasteiger partial charge in [0.15, 0.2) is 0 Å². The van der Waals surface area contributed by atoms with Gasteiger partial charge in [0.05, 0.1) is 12.1 Å². The third-order valence-corrected chi connectivity index (χ3v) is 2.75. The van der Waals surface area contributed by atoms with Gasteiger partial charge in [-0.2, -0.15) is 0 Å². The molecule has 0 aliphatic heterocycles. The highest BCUT2D eigenvalue weighted by atomic mass is 35.5. The molecular formula is C12H18ClNO. The van der Waals surface area contributed by atoms with Crippen LogP contribution >= 0.6 is 11.6 Å². The Kier molecular flexibility index (Phi) is 4.00. The Morgan fingerprint density at radius 2 is 2.07 bits per heavy atom. The third kappa shape index (κ3) is 3.40. The normalized spacial score (nSPS) is 11.5. The number of hydrogen-bond donors (Lipinski definition) is 1. The number of benzene rings is 1. The lowest BCUT2D eigenvalue weighted by Crippen LogP contribution is -2.25. The Morgan fingerprint density at radius 1 is 1.40 bits per heavy atom. The van der Waals surface area contributed by atoms with Gasteiger partial charge in [0.2, 0.25) is 0 Å². The molecule has 0 spiro atoms. The Bertz CT molecular complexity index is 336. The molecular weight excluding hydrogens is 210 g/mol. The second kappa shape index (κ2) is 4.86. The first-order chi connectivity index (χ1) is 6.98. The van der Waals surface area contributed by atoms with E-state index in [9.17, 15) is 0 Å². The number of hydrogen-bond acceptors (Lipinski definition) is 2. The highest BCUT2D eigenvalue weighted by Gasteiger charge is 2.16. The summed E-state index contributed by atoms with van der Waals surface area (Å²) >= 11 is 6.05. The smallest absolute Gasteiger partial charge is 0.137 e. The van der Waals surface area contributed by atoms with E-state index in [1.807, 2.05) is 18.2 Å². The van der Waals surface area contributed by atoms with Gasteiger partial charge in [0.1, 0.15) is 5.75 Å². The van der Waals surface area contributed by atoms with Crippen LogP contribution in [0.2, 0.25) is 5.02 Å². The van der Waals surface area contributed by atoms with Gasteiger partial charge in [-0.1, -0.05) is 31.5 Å². The van der Waals surface area contributed by atoms with Crippen molar-refractivity contribution in [3.05, 3.63) is 28.8 Å². The number of rotatable bonds is 4. The third-order valence-electron chi connectivity index (χ3n) is 2.45. The molecule has 0 aliphatic rings. The fraction of sp³-hybridized carbons (Fsp3) is 0.500. The highest BCUT2D eigenvalue weighted by molar-refractivity contribution is 6.32. The molecule has 0 saturated carbocycles. The van der Waals surface area contributed by atoms with E-state index in [0.29, 0.717) is 17.3 Å². The Hall–Kier alpha value is -0.730. The maximum atomic E-state index is 6.05. The average Bonchev–Trinajstić information content (AvgIpc) is 2.17. The predicted octanol–water partition coefficient (Wildman–Crippen LogP) is 2.88. The summed E-state index contributed by atoms with van der Waals surface area (Å²) in [4.78, 5) is 0. The summed E-state index contributed by atoms with van der Waals surface area (Å²) < 4.78 is 5.10. The fourth-order valence-electron chi connectivity index (χ4n) is 1.44. The second-order valence-corrected chi connectivity index (χ2v) is 4.92. The van der Waals surface area contributed by atoms with Gasteiger partial charge < -0.3 is 10.5 Å². The van der Waals surface area contributed by atoms with Crippen LogP contribution in [0.5, 0.6) is 5.75 Å². The van der Waals surface area contributed by atoms with Crippen LogP contribution in [0.15, 0.2) is 18.2 Å². The fourth-order valence-corrected chi connectivity index (χ4v) is 1.72. The number of halogens is 1. The van der Waals surface area contributed by atoms with E-state index in [1.165, 1.54) is 5.56 Å². The van der Waals surface area contributed by atoms with Crippen molar-refractivity contribution in [2.75, 3.05) is 13.7 Å². The molecule has 0 atom stereocenters. The Balaban J connectivity index is 2.84. The molecule has 0 unspecified atom stereocenters. The van der Waals surface area contributed by atoms with E-state index >= 15 is 0 Å². The van der Waals surface area contributed by atoms with E-state index in [4.69, 9.17) is 22.1 Å². The summed E-state index contributed by atoms with van der Waals surface area (Å²) in [5.41, 5.74) is 6.99. The van der Waals surface area contributed by atoms with Crippen LogP contribution in [0.3, 0.4) is 0 Å². The second-order valence-electron chi connectivity index (χ2n) is 4.51. The molecule has 84 valence electrons. The van der Waals surface area contributed by atoms with Crippen LogP contribution < -0.4 is 10.5 Å². The first kappa shape index (κ1) is 12.3. The predicted molar refractivity (Wildman–Crippen MR) is 64.5 cm³/mol. The SMILES string of the molecule is COc1ccc(CC(C)(C)CN)cc1Cl. The van der Waals surface area contributed by atoms with E-state index in [1.54, 1.807) is 7.11 Å². The van der Waals surface area contributed by atoms with Gasteiger partial charge in [-0.05, 0) is 36.1 Å². The molecule has 0 aliphatic carbocycles. The first-order valence-electron chi connectivity index (χ1n) is 5.01. The standard InChI is InChI=1S/C12H18ClNO/c1-12(2,8-14)7-9-4-5-11(15-3)10(13)6-9/h4-6H,7-8,14H2,1-3H3. The van der Waals surface area contributed by atoms with Crippen molar-refractivity contribution in [1.82, 2.24) is 0 Å². The van der Waals surface area contributed by atoms with E-state index in [-0.39, 0.29) is 5.41 Å². The summed E-state index contributed by atoms with van der Waals surface area (Å²) in [6.07, 6.45) is 0.924. The molecule has 0 saturated heterocycles. The topological polar surface area (TPSA) is 35.2 Å². The zero-order chi connectivity index (χ0) is 11.5. The molecule has 2 N–H and O–H groups in total. The molecule has 0 aromatic heterocycles. The maximum absolute atomic E-state index is 6.05. The molecule has 0 heterocycles.